The van der Waals surface area contributed by atoms with Gasteiger partial charge in [0.15, 0.2) is 0 Å². The molecule has 6 heteroatoms. The SMILES string of the molecule is O=C(CNc1ccc(N2CCCC2=O)cc1)Nc1cccc(I)c1. The van der Waals surface area contributed by atoms with Gasteiger partial charge in [-0.15, -0.1) is 0 Å². The molecule has 1 aliphatic rings. The van der Waals surface area contributed by atoms with E-state index < -0.39 is 0 Å². The highest BCUT2D eigenvalue weighted by molar-refractivity contribution is 14.1. The molecule has 2 amide bonds. The summed E-state index contributed by atoms with van der Waals surface area (Å²) in [4.78, 5) is 25.5. The van der Waals surface area contributed by atoms with Gasteiger partial charge in [0.25, 0.3) is 0 Å². The van der Waals surface area contributed by atoms with Crippen molar-refractivity contribution in [1.82, 2.24) is 0 Å². The van der Waals surface area contributed by atoms with Crippen molar-refractivity contribution in [2.75, 3.05) is 28.6 Å². The van der Waals surface area contributed by atoms with Gasteiger partial charge in [0.05, 0.1) is 6.54 Å². The second-order valence-corrected chi connectivity index (χ2v) is 6.85. The van der Waals surface area contributed by atoms with Gasteiger partial charge in [-0.1, -0.05) is 6.07 Å². The maximum Gasteiger partial charge on any atom is 0.243 e. The van der Waals surface area contributed by atoms with Gasteiger partial charge < -0.3 is 15.5 Å². The lowest BCUT2D eigenvalue weighted by atomic mass is 10.2. The van der Waals surface area contributed by atoms with Crippen LogP contribution in [-0.4, -0.2) is 24.9 Å². The first kappa shape index (κ1) is 16.8. The number of nitrogens with one attached hydrogen (secondary N) is 2. The summed E-state index contributed by atoms with van der Waals surface area (Å²) >= 11 is 2.21. The largest absolute Gasteiger partial charge is 0.376 e. The lowest BCUT2D eigenvalue weighted by Gasteiger charge is -2.16. The van der Waals surface area contributed by atoms with E-state index >= 15 is 0 Å². The molecule has 0 atom stereocenters. The van der Waals surface area contributed by atoms with Gasteiger partial charge in [0.1, 0.15) is 0 Å². The van der Waals surface area contributed by atoms with E-state index in [0.717, 1.165) is 33.6 Å². The maximum atomic E-state index is 12.0. The smallest absolute Gasteiger partial charge is 0.243 e. The molecule has 0 bridgehead atoms. The third-order valence-corrected chi connectivity index (χ3v) is 4.48. The summed E-state index contributed by atoms with van der Waals surface area (Å²) in [5.41, 5.74) is 2.55. The first-order chi connectivity index (χ1) is 11.6. The van der Waals surface area contributed by atoms with Crippen molar-refractivity contribution in [3.63, 3.8) is 0 Å². The number of carbonyl (C=O) groups is 2. The number of benzene rings is 2. The van der Waals surface area contributed by atoms with Crippen LogP contribution < -0.4 is 15.5 Å². The Kier molecular flexibility index (Phi) is 5.34. The minimum Gasteiger partial charge on any atom is -0.376 e. The predicted octanol–water partition coefficient (Wildman–Crippen LogP) is 3.47. The quantitative estimate of drug-likeness (QED) is 0.708. The molecule has 1 heterocycles. The molecule has 3 rings (SSSR count). The highest BCUT2D eigenvalue weighted by Crippen LogP contribution is 2.23. The van der Waals surface area contributed by atoms with Crippen LogP contribution in [0.4, 0.5) is 17.1 Å². The van der Waals surface area contributed by atoms with Crippen molar-refractivity contribution < 1.29 is 9.59 Å². The highest BCUT2D eigenvalue weighted by Gasteiger charge is 2.21. The second kappa shape index (κ2) is 7.65. The molecule has 0 saturated carbocycles. The molecule has 1 aliphatic heterocycles. The van der Waals surface area contributed by atoms with Crippen LogP contribution in [0, 0.1) is 3.57 Å². The molecule has 2 aromatic carbocycles. The highest BCUT2D eigenvalue weighted by atomic mass is 127. The van der Waals surface area contributed by atoms with Crippen LogP contribution in [0.25, 0.3) is 0 Å². The number of nitrogens with zero attached hydrogens (tertiary/aromatic N) is 1. The van der Waals surface area contributed by atoms with Crippen LogP contribution in [0.15, 0.2) is 48.5 Å². The fourth-order valence-corrected chi connectivity index (χ4v) is 3.18. The number of amides is 2. The lowest BCUT2D eigenvalue weighted by Crippen LogP contribution is -2.24. The second-order valence-electron chi connectivity index (χ2n) is 5.61. The number of anilines is 3. The Bertz CT molecular complexity index is 746. The van der Waals surface area contributed by atoms with Gasteiger partial charge in [-0.05, 0) is 71.5 Å². The van der Waals surface area contributed by atoms with E-state index in [-0.39, 0.29) is 18.4 Å². The first-order valence-electron chi connectivity index (χ1n) is 7.81. The average Bonchev–Trinajstić information content (AvgIpc) is 2.99. The summed E-state index contributed by atoms with van der Waals surface area (Å²) in [6.45, 7) is 0.970. The van der Waals surface area contributed by atoms with Crippen molar-refractivity contribution in [2.45, 2.75) is 12.8 Å². The Morgan fingerprint density at radius 3 is 2.58 bits per heavy atom. The molecule has 5 nitrogen and oxygen atoms in total. The monoisotopic (exact) mass is 435 g/mol. The van der Waals surface area contributed by atoms with E-state index in [9.17, 15) is 9.59 Å². The third-order valence-electron chi connectivity index (χ3n) is 3.81. The fraction of sp³-hybridized carbons (Fsp3) is 0.222. The molecular formula is C18H18IN3O2. The summed E-state index contributed by atoms with van der Waals surface area (Å²) in [5.74, 6) is 0.0726. The van der Waals surface area contributed by atoms with Crippen LogP contribution in [0.5, 0.6) is 0 Å². The van der Waals surface area contributed by atoms with E-state index in [1.54, 1.807) is 4.90 Å². The van der Waals surface area contributed by atoms with Gasteiger partial charge >= 0.3 is 0 Å². The van der Waals surface area contributed by atoms with Crippen LogP contribution in [0.2, 0.25) is 0 Å². The molecule has 1 fully saturated rings. The summed E-state index contributed by atoms with van der Waals surface area (Å²) in [6, 6.07) is 15.2. The molecule has 0 aliphatic carbocycles. The number of rotatable bonds is 5. The van der Waals surface area contributed by atoms with E-state index in [2.05, 4.69) is 33.2 Å². The van der Waals surface area contributed by atoms with Gasteiger partial charge in [-0.2, -0.15) is 0 Å². The topological polar surface area (TPSA) is 61.4 Å². The summed E-state index contributed by atoms with van der Waals surface area (Å²) < 4.78 is 1.07. The average molecular weight is 435 g/mol. The van der Waals surface area contributed by atoms with Crippen molar-refractivity contribution in [3.8, 4) is 0 Å². The van der Waals surface area contributed by atoms with Gasteiger partial charge in [0.2, 0.25) is 11.8 Å². The zero-order valence-electron chi connectivity index (χ0n) is 13.1. The molecule has 24 heavy (non-hydrogen) atoms. The molecule has 0 aromatic heterocycles. The third kappa shape index (κ3) is 4.25. The molecule has 124 valence electrons. The minimum absolute atomic E-state index is 0.101. The van der Waals surface area contributed by atoms with E-state index in [4.69, 9.17) is 0 Å². The van der Waals surface area contributed by atoms with Crippen molar-refractivity contribution in [3.05, 3.63) is 52.1 Å². The predicted molar refractivity (Wildman–Crippen MR) is 104 cm³/mol. The first-order valence-corrected chi connectivity index (χ1v) is 8.89. The minimum atomic E-state index is -0.101. The molecule has 2 aromatic rings. The van der Waals surface area contributed by atoms with Gasteiger partial charge in [-0.25, -0.2) is 0 Å². The van der Waals surface area contributed by atoms with Crippen LogP contribution >= 0.6 is 22.6 Å². The Labute approximate surface area is 154 Å². The van der Waals surface area contributed by atoms with E-state index in [0.29, 0.717) is 6.42 Å². The zero-order valence-corrected chi connectivity index (χ0v) is 15.2. The van der Waals surface area contributed by atoms with Crippen molar-refractivity contribution >= 4 is 51.5 Å². The van der Waals surface area contributed by atoms with Crippen LogP contribution in [0.3, 0.4) is 0 Å². The fourth-order valence-electron chi connectivity index (χ4n) is 2.63. The molecule has 0 unspecified atom stereocenters. The van der Waals surface area contributed by atoms with E-state index in [1.165, 1.54) is 0 Å². The summed E-state index contributed by atoms with van der Waals surface area (Å²) in [6.07, 6.45) is 1.54. The van der Waals surface area contributed by atoms with Crippen LogP contribution in [0.1, 0.15) is 12.8 Å². The summed E-state index contributed by atoms with van der Waals surface area (Å²) in [5, 5.41) is 5.95. The van der Waals surface area contributed by atoms with Gasteiger partial charge in [0, 0.05) is 33.6 Å². The lowest BCUT2D eigenvalue weighted by molar-refractivity contribution is -0.117. The molecule has 1 saturated heterocycles. The molecule has 0 spiro atoms. The van der Waals surface area contributed by atoms with E-state index in [1.807, 2.05) is 48.5 Å². The Morgan fingerprint density at radius 1 is 1.12 bits per heavy atom. The maximum absolute atomic E-state index is 12.0. The number of hydrogen-bond donors (Lipinski definition) is 2. The molecule has 0 radical (unpaired) electrons. The summed E-state index contributed by atoms with van der Waals surface area (Å²) in [7, 11) is 0. The van der Waals surface area contributed by atoms with Crippen LogP contribution in [-0.2, 0) is 9.59 Å². The number of hydrogen-bond acceptors (Lipinski definition) is 3. The number of halogens is 1. The Morgan fingerprint density at radius 2 is 1.92 bits per heavy atom. The normalized spacial score (nSPS) is 13.9. The van der Waals surface area contributed by atoms with Gasteiger partial charge in [-0.3, -0.25) is 9.59 Å². The molecular weight excluding hydrogens is 417 g/mol. The van der Waals surface area contributed by atoms with Crippen molar-refractivity contribution in [1.29, 1.82) is 0 Å². The Balaban J connectivity index is 1.53. The Hall–Kier alpha value is -2.09. The standard InChI is InChI=1S/C18H18IN3O2/c19-13-3-1-4-15(11-13)21-17(23)12-20-14-6-8-16(9-7-14)22-10-2-5-18(22)24/h1,3-4,6-9,11,20H,2,5,10,12H2,(H,21,23). The zero-order chi connectivity index (χ0) is 16.9. The van der Waals surface area contributed by atoms with Crippen molar-refractivity contribution in [2.24, 2.45) is 0 Å². The molecule has 2 N–H and O–H groups in total. The number of carbonyl (C=O) groups excluding carboxylic acids is 2.